The normalized spacial score (nSPS) is 20.6. The zero-order valence-corrected chi connectivity index (χ0v) is 16.3. The SMILES string of the molecule is O=S(=O)(c1ccc2ccccc2c1)N1C[C@H](OCc2ccccc2)C[C@H]1CO. The van der Waals surface area contributed by atoms with Crippen LogP contribution < -0.4 is 0 Å². The minimum absolute atomic E-state index is 0.224. The molecule has 3 aromatic carbocycles. The second-order valence-electron chi connectivity index (χ2n) is 7.07. The molecule has 0 amide bonds. The van der Waals surface area contributed by atoms with E-state index in [1.165, 1.54) is 4.31 Å². The van der Waals surface area contributed by atoms with E-state index in [9.17, 15) is 13.5 Å². The van der Waals surface area contributed by atoms with Crippen molar-refractivity contribution < 1.29 is 18.3 Å². The number of benzene rings is 3. The Bertz CT molecular complexity index is 1050. The summed E-state index contributed by atoms with van der Waals surface area (Å²) in [5.74, 6) is 0. The van der Waals surface area contributed by atoms with E-state index in [1.807, 2.05) is 60.7 Å². The van der Waals surface area contributed by atoms with Crippen molar-refractivity contribution in [1.82, 2.24) is 4.31 Å². The topological polar surface area (TPSA) is 66.8 Å². The number of aliphatic hydroxyl groups excluding tert-OH is 1. The molecule has 28 heavy (non-hydrogen) atoms. The molecule has 1 fully saturated rings. The van der Waals surface area contributed by atoms with Crippen molar-refractivity contribution in [2.45, 2.75) is 30.1 Å². The van der Waals surface area contributed by atoms with Crippen LogP contribution in [0.25, 0.3) is 10.8 Å². The minimum Gasteiger partial charge on any atom is -0.395 e. The zero-order chi connectivity index (χ0) is 19.6. The largest absolute Gasteiger partial charge is 0.395 e. The maximum atomic E-state index is 13.2. The first kappa shape index (κ1) is 19.1. The Morgan fingerprint density at radius 1 is 0.964 bits per heavy atom. The van der Waals surface area contributed by atoms with Gasteiger partial charge in [0.2, 0.25) is 10.0 Å². The van der Waals surface area contributed by atoms with Crippen molar-refractivity contribution in [3.63, 3.8) is 0 Å². The van der Waals surface area contributed by atoms with Gasteiger partial charge in [-0.25, -0.2) is 8.42 Å². The van der Waals surface area contributed by atoms with E-state index in [0.29, 0.717) is 13.0 Å². The summed E-state index contributed by atoms with van der Waals surface area (Å²) < 4.78 is 33.8. The van der Waals surface area contributed by atoms with E-state index >= 15 is 0 Å². The van der Waals surface area contributed by atoms with Gasteiger partial charge in [0.05, 0.1) is 30.3 Å². The molecule has 0 unspecified atom stereocenters. The molecule has 0 bridgehead atoms. The highest BCUT2D eigenvalue weighted by atomic mass is 32.2. The van der Waals surface area contributed by atoms with Crippen LogP contribution in [0.15, 0.2) is 77.7 Å². The second-order valence-corrected chi connectivity index (χ2v) is 8.96. The van der Waals surface area contributed by atoms with E-state index in [-0.39, 0.29) is 24.2 Å². The number of hydrogen-bond acceptors (Lipinski definition) is 4. The molecule has 0 aromatic heterocycles. The van der Waals surface area contributed by atoms with E-state index in [0.717, 1.165) is 16.3 Å². The number of rotatable bonds is 6. The van der Waals surface area contributed by atoms with Gasteiger partial charge in [-0.3, -0.25) is 0 Å². The molecule has 2 atom stereocenters. The maximum absolute atomic E-state index is 13.2. The van der Waals surface area contributed by atoms with Gasteiger partial charge in [0, 0.05) is 6.54 Å². The summed E-state index contributed by atoms with van der Waals surface area (Å²) in [5.41, 5.74) is 1.04. The molecule has 0 saturated carbocycles. The van der Waals surface area contributed by atoms with Crippen molar-refractivity contribution >= 4 is 20.8 Å². The van der Waals surface area contributed by atoms with Crippen molar-refractivity contribution in [3.8, 4) is 0 Å². The number of hydrogen-bond donors (Lipinski definition) is 1. The van der Waals surface area contributed by atoms with Crippen LogP contribution in [0, 0.1) is 0 Å². The lowest BCUT2D eigenvalue weighted by molar-refractivity contribution is 0.0495. The fourth-order valence-corrected chi connectivity index (χ4v) is 5.37. The van der Waals surface area contributed by atoms with Crippen LogP contribution in [-0.4, -0.2) is 43.1 Å². The van der Waals surface area contributed by atoms with Crippen LogP contribution in [0.2, 0.25) is 0 Å². The fourth-order valence-electron chi connectivity index (χ4n) is 3.68. The maximum Gasteiger partial charge on any atom is 0.243 e. The lowest BCUT2D eigenvalue weighted by Gasteiger charge is -2.22. The van der Waals surface area contributed by atoms with Gasteiger partial charge in [-0.2, -0.15) is 4.31 Å². The lowest BCUT2D eigenvalue weighted by Crippen LogP contribution is -2.38. The highest BCUT2D eigenvalue weighted by Gasteiger charge is 2.40. The predicted molar refractivity (Wildman–Crippen MR) is 108 cm³/mol. The smallest absolute Gasteiger partial charge is 0.243 e. The molecule has 4 rings (SSSR count). The number of fused-ring (bicyclic) bond motifs is 1. The van der Waals surface area contributed by atoms with Gasteiger partial charge in [0.1, 0.15) is 0 Å². The van der Waals surface area contributed by atoms with Gasteiger partial charge in [-0.1, -0.05) is 60.7 Å². The molecule has 1 saturated heterocycles. The first-order valence-electron chi connectivity index (χ1n) is 9.35. The Labute approximate surface area is 165 Å². The Morgan fingerprint density at radius 2 is 1.68 bits per heavy atom. The lowest BCUT2D eigenvalue weighted by atomic mass is 10.1. The Kier molecular flexibility index (Phi) is 5.46. The third-order valence-corrected chi connectivity index (χ3v) is 7.11. The zero-order valence-electron chi connectivity index (χ0n) is 15.4. The summed E-state index contributed by atoms with van der Waals surface area (Å²) in [6, 6.07) is 22.1. The van der Waals surface area contributed by atoms with Gasteiger partial charge < -0.3 is 9.84 Å². The molecule has 0 aliphatic carbocycles. The van der Waals surface area contributed by atoms with E-state index < -0.39 is 16.1 Å². The highest BCUT2D eigenvalue weighted by molar-refractivity contribution is 7.89. The summed E-state index contributed by atoms with van der Waals surface area (Å²) in [4.78, 5) is 0.244. The molecular weight excluding hydrogens is 374 g/mol. The number of nitrogens with zero attached hydrogens (tertiary/aromatic N) is 1. The van der Waals surface area contributed by atoms with Crippen LogP contribution in [-0.2, 0) is 21.4 Å². The standard InChI is InChI=1S/C22H23NO4S/c24-15-20-13-21(27-16-17-6-2-1-3-7-17)14-23(20)28(25,26)22-11-10-18-8-4-5-9-19(18)12-22/h1-12,20-21,24H,13-16H2/t20-,21+/m0/s1. The first-order valence-corrected chi connectivity index (χ1v) is 10.8. The molecule has 0 spiro atoms. The molecule has 0 radical (unpaired) electrons. The summed E-state index contributed by atoms with van der Waals surface area (Å²) in [7, 11) is -3.71. The summed E-state index contributed by atoms with van der Waals surface area (Å²) in [6.45, 7) is 0.443. The fraction of sp³-hybridized carbons (Fsp3) is 0.273. The summed E-state index contributed by atoms with van der Waals surface area (Å²) in [6.07, 6.45) is 0.239. The van der Waals surface area contributed by atoms with E-state index in [1.54, 1.807) is 12.1 Å². The molecule has 1 aliphatic heterocycles. The first-order chi connectivity index (χ1) is 13.6. The Balaban J connectivity index is 1.53. The van der Waals surface area contributed by atoms with Crippen molar-refractivity contribution in [2.75, 3.05) is 13.2 Å². The summed E-state index contributed by atoms with van der Waals surface area (Å²) in [5, 5.41) is 11.6. The van der Waals surface area contributed by atoms with Gasteiger partial charge in [0.25, 0.3) is 0 Å². The van der Waals surface area contributed by atoms with Crippen LogP contribution in [0.4, 0.5) is 0 Å². The predicted octanol–water partition coefficient (Wildman–Crippen LogP) is 3.18. The van der Waals surface area contributed by atoms with Gasteiger partial charge in [0.15, 0.2) is 0 Å². The number of sulfonamides is 1. The molecule has 6 heteroatoms. The molecule has 5 nitrogen and oxygen atoms in total. The Morgan fingerprint density at radius 3 is 2.43 bits per heavy atom. The molecule has 3 aromatic rings. The highest BCUT2D eigenvalue weighted by Crippen LogP contribution is 2.29. The molecule has 1 aliphatic rings. The van der Waals surface area contributed by atoms with E-state index in [2.05, 4.69) is 0 Å². The van der Waals surface area contributed by atoms with Crippen molar-refractivity contribution in [1.29, 1.82) is 0 Å². The van der Waals surface area contributed by atoms with Gasteiger partial charge >= 0.3 is 0 Å². The van der Waals surface area contributed by atoms with Crippen molar-refractivity contribution in [2.24, 2.45) is 0 Å². The quantitative estimate of drug-likeness (QED) is 0.694. The summed E-state index contributed by atoms with van der Waals surface area (Å²) >= 11 is 0. The molecule has 1 heterocycles. The third kappa shape index (κ3) is 3.82. The van der Waals surface area contributed by atoms with Crippen LogP contribution >= 0.6 is 0 Å². The second kappa shape index (κ2) is 8.01. The minimum atomic E-state index is -3.71. The molecule has 146 valence electrons. The van der Waals surface area contributed by atoms with Crippen LogP contribution in [0.5, 0.6) is 0 Å². The van der Waals surface area contributed by atoms with Crippen LogP contribution in [0.3, 0.4) is 0 Å². The third-order valence-electron chi connectivity index (χ3n) is 5.19. The number of ether oxygens (including phenoxy) is 1. The number of aliphatic hydroxyl groups is 1. The van der Waals surface area contributed by atoms with Crippen LogP contribution in [0.1, 0.15) is 12.0 Å². The molecular formula is C22H23NO4S. The van der Waals surface area contributed by atoms with Gasteiger partial charge in [-0.05, 0) is 34.9 Å². The van der Waals surface area contributed by atoms with Gasteiger partial charge in [-0.15, -0.1) is 0 Å². The Hall–Kier alpha value is -2.25. The van der Waals surface area contributed by atoms with Crippen molar-refractivity contribution in [3.05, 3.63) is 78.4 Å². The average Bonchev–Trinajstić information content (AvgIpc) is 3.17. The monoisotopic (exact) mass is 397 g/mol. The van der Waals surface area contributed by atoms with E-state index in [4.69, 9.17) is 4.74 Å². The molecule has 1 N–H and O–H groups in total. The average molecular weight is 397 g/mol.